The van der Waals surface area contributed by atoms with Crippen LogP contribution in [0.4, 0.5) is 17.2 Å². The lowest BCUT2D eigenvalue weighted by Gasteiger charge is -2.35. The molecule has 0 saturated carbocycles. The summed E-state index contributed by atoms with van der Waals surface area (Å²) in [5, 5.41) is 3.68. The molecule has 0 aliphatic carbocycles. The van der Waals surface area contributed by atoms with E-state index in [0.29, 0.717) is 6.04 Å². The number of pyridine rings is 1. The summed E-state index contributed by atoms with van der Waals surface area (Å²) in [5.41, 5.74) is 9.60. The number of morpholine rings is 1. The fourth-order valence-electron chi connectivity index (χ4n) is 4.27. The number of aromatic nitrogens is 1. The Labute approximate surface area is 174 Å². The molecular weight excluding hydrogens is 362 g/mol. The molecule has 0 spiro atoms. The standard InChI is InChI=1S/C23H33N5O/c24-9-2-5-19-4-1-7-21(16-19)28-11-3-6-20(18-28)26-23-17-22(8-10-25-23)27-12-14-29-15-13-27/h1,4,7-8,10,16-17,20H,2-3,5-6,9,11-15,18,24H2,(H,25,26). The van der Waals surface area contributed by atoms with Gasteiger partial charge in [-0.1, -0.05) is 12.1 Å². The molecule has 3 heterocycles. The van der Waals surface area contributed by atoms with Crippen LogP contribution in [-0.2, 0) is 11.2 Å². The van der Waals surface area contributed by atoms with Gasteiger partial charge in [0.15, 0.2) is 0 Å². The van der Waals surface area contributed by atoms with Gasteiger partial charge in [-0.3, -0.25) is 0 Å². The number of hydrogen-bond donors (Lipinski definition) is 2. The lowest BCUT2D eigenvalue weighted by atomic mass is 10.0. The second-order valence-electron chi connectivity index (χ2n) is 7.99. The van der Waals surface area contributed by atoms with E-state index in [4.69, 9.17) is 10.5 Å². The first-order valence-corrected chi connectivity index (χ1v) is 10.9. The third-order valence-corrected chi connectivity index (χ3v) is 5.84. The molecule has 0 amide bonds. The average Bonchev–Trinajstić information content (AvgIpc) is 2.79. The van der Waals surface area contributed by atoms with Crippen molar-refractivity contribution in [1.82, 2.24) is 4.98 Å². The van der Waals surface area contributed by atoms with Gasteiger partial charge in [0.2, 0.25) is 0 Å². The second kappa shape index (κ2) is 9.94. The summed E-state index contributed by atoms with van der Waals surface area (Å²) in [6.07, 6.45) is 6.37. The van der Waals surface area contributed by atoms with Crippen molar-refractivity contribution in [3.8, 4) is 0 Å². The van der Waals surface area contributed by atoms with E-state index in [1.807, 2.05) is 6.20 Å². The Hall–Kier alpha value is -2.31. The molecule has 1 aromatic carbocycles. The van der Waals surface area contributed by atoms with Gasteiger partial charge in [-0.2, -0.15) is 0 Å². The van der Waals surface area contributed by atoms with Crippen LogP contribution in [-0.4, -0.2) is 57.0 Å². The quantitative estimate of drug-likeness (QED) is 0.751. The highest BCUT2D eigenvalue weighted by atomic mass is 16.5. The largest absolute Gasteiger partial charge is 0.378 e. The molecule has 1 aromatic heterocycles. The van der Waals surface area contributed by atoms with E-state index in [0.717, 1.165) is 64.6 Å². The van der Waals surface area contributed by atoms with Crippen molar-refractivity contribution < 1.29 is 4.74 Å². The molecule has 6 nitrogen and oxygen atoms in total. The van der Waals surface area contributed by atoms with Crippen LogP contribution in [0, 0.1) is 0 Å². The van der Waals surface area contributed by atoms with Crippen molar-refractivity contribution in [2.24, 2.45) is 5.73 Å². The maximum absolute atomic E-state index is 5.67. The van der Waals surface area contributed by atoms with Gasteiger partial charge in [0.25, 0.3) is 0 Å². The number of piperidine rings is 1. The van der Waals surface area contributed by atoms with Crippen LogP contribution in [0.15, 0.2) is 42.6 Å². The second-order valence-corrected chi connectivity index (χ2v) is 7.99. The molecule has 1 unspecified atom stereocenters. The van der Waals surface area contributed by atoms with Crippen molar-refractivity contribution in [3.05, 3.63) is 48.2 Å². The Balaban J connectivity index is 1.39. The molecule has 29 heavy (non-hydrogen) atoms. The van der Waals surface area contributed by atoms with Crippen molar-refractivity contribution in [2.75, 3.05) is 61.1 Å². The fourth-order valence-corrected chi connectivity index (χ4v) is 4.27. The van der Waals surface area contributed by atoms with E-state index >= 15 is 0 Å². The minimum Gasteiger partial charge on any atom is -0.378 e. The summed E-state index contributed by atoms with van der Waals surface area (Å²) in [7, 11) is 0. The van der Waals surface area contributed by atoms with Gasteiger partial charge in [0, 0.05) is 55.9 Å². The number of ether oxygens (including phenoxy) is 1. The smallest absolute Gasteiger partial charge is 0.128 e. The van der Waals surface area contributed by atoms with E-state index < -0.39 is 0 Å². The maximum atomic E-state index is 5.67. The molecule has 0 bridgehead atoms. The monoisotopic (exact) mass is 395 g/mol. The summed E-state index contributed by atoms with van der Waals surface area (Å²) in [4.78, 5) is 9.44. The van der Waals surface area contributed by atoms with E-state index in [1.54, 1.807) is 0 Å². The molecule has 156 valence electrons. The topological polar surface area (TPSA) is 66.7 Å². The first-order chi connectivity index (χ1) is 14.3. The van der Waals surface area contributed by atoms with Crippen LogP contribution in [0.2, 0.25) is 0 Å². The molecule has 0 radical (unpaired) electrons. The molecule has 4 rings (SSSR count). The van der Waals surface area contributed by atoms with Gasteiger partial charge >= 0.3 is 0 Å². The van der Waals surface area contributed by atoms with E-state index in [2.05, 4.69) is 56.5 Å². The first-order valence-electron chi connectivity index (χ1n) is 10.9. The van der Waals surface area contributed by atoms with Crippen LogP contribution in [0.1, 0.15) is 24.8 Å². The number of nitrogens with zero attached hydrogens (tertiary/aromatic N) is 3. The highest BCUT2D eigenvalue weighted by Gasteiger charge is 2.21. The van der Waals surface area contributed by atoms with Gasteiger partial charge in [-0.15, -0.1) is 0 Å². The van der Waals surface area contributed by atoms with Crippen LogP contribution in [0.5, 0.6) is 0 Å². The number of aryl methyl sites for hydroxylation is 1. The lowest BCUT2D eigenvalue weighted by molar-refractivity contribution is 0.122. The maximum Gasteiger partial charge on any atom is 0.128 e. The lowest BCUT2D eigenvalue weighted by Crippen LogP contribution is -2.42. The van der Waals surface area contributed by atoms with Gasteiger partial charge in [-0.25, -0.2) is 4.98 Å². The Bertz CT molecular complexity index is 777. The summed E-state index contributed by atoms with van der Waals surface area (Å²) in [6, 6.07) is 13.6. The number of benzene rings is 1. The highest BCUT2D eigenvalue weighted by Crippen LogP contribution is 2.24. The number of rotatable bonds is 7. The number of nitrogens with two attached hydrogens (primary N) is 1. The predicted molar refractivity (Wildman–Crippen MR) is 120 cm³/mol. The minimum absolute atomic E-state index is 0.406. The SMILES string of the molecule is NCCCc1cccc(N2CCCC(Nc3cc(N4CCOCC4)ccn3)C2)c1. The Morgan fingerprint density at radius 3 is 2.79 bits per heavy atom. The van der Waals surface area contributed by atoms with Crippen molar-refractivity contribution >= 4 is 17.2 Å². The van der Waals surface area contributed by atoms with Crippen molar-refractivity contribution in [1.29, 1.82) is 0 Å². The zero-order valence-electron chi connectivity index (χ0n) is 17.2. The number of anilines is 3. The normalized spacial score (nSPS) is 20.0. The molecule has 3 N–H and O–H groups in total. The van der Waals surface area contributed by atoms with Crippen LogP contribution < -0.4 is 20.9 Å². The van der Waals surface area contributed by atoms with Gasteiger partial charge in [-0.05, 0) is 56.0 Å². The molecule has 2 fully saturated rings. The van der Waals surface area contributed by atoms with Crippen LogP contribution in [0.3, 0.4) is 0 Å². The summed E-state index contributed by atoms with van der Waals surface area (Å²) in [6.45, 7) is 6.35. The summed E-state index contributed by atoms with van der Waals surface area (Å²) in [5.74, 6) is 0.970. The molecule has 6 heteroatoms. The molecule has 1 atom stereocenters. The first kappa shape index (κ1) is 20.0. The van der Waals surface area contributed by atoms with E-state index in [9.17, 15) is 0 Å². The highest BCUT2D eigenvalue weighted by molar-refractivity contribution is 5.55. The summed E-state index contributed by atoms with van der Waals surface area (Å²) < 4.78 is 5.47. The summed E-state index contributed by atoms with van der Waals surface area (Å²) >= 11 is 0. The van der Waals surface area contributed by atoms with Crippen LogP contribution >= 0.6 is 0 Å². The van der Waals surface area contributed by atoms with Gasteiger partial charge < -0.3 is 25.6 Å². The van der Waals surface area contributed by atoms with Gasteiger partial charge in [0.05, 0.1) is 13.2 Å². The molecule has 2 aliphatic rings. The number of nitrogens with one attached hydrogen (secondary N) is 1. The Morgan fingerprint density at radius 2 is 1.93 bits per heavy atom. The zero-order valence-corrected chi connectivity index (χ0v) is 17.2. The fraction of sp³-hybridized carbons (Fsp3) is 0.522. The van der Waals surface area contributed by atoms with Crippen molar-refractivity contribution in [3.63, 3.8) is 0 Å². The molecule has 2 aromatic rings. The van der Waals surface area contributed by atoms with Gasteiger partial charge in [0.1, 0.15) is 5.82 Å². The van der Waals surface area contributed by atoms with E-state index in [1.165, 1.54) is 29.8 Å². The van der Waals surface area contributed by atoms with E-state index in [-0.39, 0.29) is 0 Å². The average molecular weight is 396 g/mol. The zero-order chi connectivity index (χ0) is 19.9. The molecule has 2 aliphatic heterocycles. The molecular formula is C23H33N5O. The Kier molecular flexibility index (Phi) is 6.85. The van der Waals surface area contributed by atoms with Crippen LogP contribution in [0.25, 0.3) is 0 Å². The third kappa shape index (κ3) is 5.40. The minimum atomic E-state index is 0.406. The number of hydrogen-bond acceptors (Lipinski definition) is 6. The van der Waals surface area contributed by atoms with Crippen molar-refractivity contribution in [2.45, 2.75) is 31.7 Å². The Morgan fingerprint density at radius 1 is 1.07 bits per heavy atom. The predicted octanol–water partition coefficient (Wildman–Crippen LogP) is 2.89. The third-order valence-electron chi connectivity index (χ3n) is 5.84. The molecule has 2 saturated heterocycles.